The molecule has 1 aliphatic heterocycles. The molecular weight excluding hydrogens is 450 g/mol. The van der Waals surface area contributed by atoms with Crippen LogP contribution in [0, 0.1) is 0 Å². The Labute approximate surface area is 191 Å². The van der Waals surface area contributed by atoms with Crippen molar-refractivity contribution in [3.8, 4) is 5.75 Å². The summed E-state index contributed by atoms with van der Waals surface area (Å²) in [5.41, 5.74) is 1.24. The fraction of sp³-hybridized carbons (Fsp3) is 0.125. The summed E-state index contributed by atoms with van der Waals surface area (Å²) in [6.07, 6.45) is 0. The van der Waals surface area contributed by atoms with Gasteiger partial charge in [-0.2, -0.15) is 0 Å². The summed E-state index contributed by atoms with van der Waals surface area (Å²) >= 11 is 6.02. The van der Waals surface area contributed by atoms with Gasteiger partial charge in [0.15, 0.2) is 5.76 Å². The van der Waals surface area contributed by atoms with Crippen molar-refractivity contribution in [2.24, 2.45) is 0 Å². The van der Waals surface area contributed by atoms with Gasteiger partial charge in [0.1, 0.15) is 10.7 Å². The minimum absolute atomic E-state index is 0.00320. The third-order valence-electron chi connectivity index (χ3n) is 5.27. The molecule has 1 atom stereocenters. The highest BCUT2D eigenvalue weighted by molar-refractivity contribution is 7.95. The maximum absolute atomic E-state index is 13.5. The zero-order valence-corrected chi connectivity index (χ0v) is 18.7. The Morgan fingerprint density at radius 3 is 2.34 bits per heavy atom. The van der Waals surface area contributed by atoms with Gasteiger partial charge in [-0.05, 0) is 47.5 Å². The molecule has 0 saturated heterocycles. The van der Waals surface area contributed by atoms with Gasteiger partial charge in [-0.15, -0.1) is 0 Å². The lowest BCUT2D eigenvalue weighted by atomic mass is 10.1. The average molecular weight is 470 g/mol. The van der Waals surface area contributed by atoms with Crippen molar-refractivity contribution < 1.29 is 23.1 Å². The minimum atomic E-state index is -4.16. The first-order valence-corrected chi connectivity index (χ1v) is 11.6. The van der Waals surface area contributed by atoms with Crippen molar-refractivity contribution in [3.63, 3.8) is 0 Å². The summed E-state index contributed by atoms with van der Waals surface area (Å²) in [5.74, 6) is -0.939. The molecule has 32 heavy (non-hydrogen) atoms. The lowest BCUT2D eigenvalue weighted by molar-refractivity contribution is -0.130. The third kappa shape index (κ3) is 3.97. The zero-order chi connectivity index (χ0) is 22.9. The molecule has 0 unspecified atom stereocenters. The maximum Gasteiger partial charge on any atom is 0.290 e. The summed E-state index contributed by atoms with van der Waals surface area (Å²) in [7, 11) is -2.62. The van der Waals surface area contributed by atoms with Gasteiger partial charge in [0.25, 0.3) is 5.91 Å². The van der Waals surface area contributed by atoms with E-state index >= 15 is 0 Å². The number of sulfone groups is 1. The Kier molecular flexibility index (Phi) is 5.95. The van der Waals surface area contributed by atoms with E-state index in [9.17, 15) is 18.3 Å². The van der Waals surface area contributed by atoms with Crippen LogP contribution in [0.25, 0.3) is 0 Å². The predicted octanol–water partition coefficient (Wildman–Crippen LogP) is 4.68. The molecule has 8 heteroatoms. The Morgan fingerprint density at radius 2 is 1.69 bits per heavy atom. The number of ether oxygens (including phenoxy) is 1. The second-order valence-corrected chi connectivity index (χ2v) is 9.62. The van der Waals surface area contributed by atoms with Crippen molar-refractivity contribution in [1.82, 2.24) is 4.90 Å². The number of carbonyl (C=O) groups is 1. The zero-order valence-electron chi connectivity index (χ0n) is 17.1. The van der Waals surface area contributed by atoms with E-state index in [-0.39, 0.29) is 16.3 Å². The standard InChI is InChI=1S/C24H20ClNO5S/c1-31-19-7-5-6-16(14-19)15-26-21(17-10-12-18(25)13-11-17)23(22(27)24(26)28)32(29,30)20-8-3-2-4-9-20/h2-14,21,27H,15H2,1H3/t21-/m1/s1. The Bertz CT molecular complexity index is 1290. The molecule has 1 N–H and O–H groups in total. The van der Waals surface area contributed by atoms with Crippen molar-refractivity contribution in [1.29, 1.82) is 0 Å². The van der Waals surface area contributed by atoms with Crippen LogP contribution in [0.2, 0.25) is 5.02 Å². The van der Waals surface area contributed by atoms with Crippen LogP contribution in [0.15, 0.2) is 94.4 Å². The number of halogens is 1. The molecule has 4 rings (SSSR count). The van der Waals surface area contributed by atoms with E-state index in [0.717, 1.165) is 5.56 Å². The van der Waals surface area contributed by atoms with Gasteiger partial charge in [-0.1, -0.05) is 54.1 Å². The van der Waals surface area contributed by atoms with Crippen molar-refractivity contribution in [3.05, 3.63) is 106 Å². The number of benzene rings is 3. The second kappa shape index (κ2) is 8.68. The fourth-order valence-corrected chi connectivity index (χ4v) is 5.53. The van der Waals surface area contributed by atoms with Gasteiger partial charge in [0.2, 0.25) is 9.84 Å². The largest absolute Gasteiger partial charge is 0.502 e. The fourth-order valence-electron chi connectivity index (χ4n) is 3.74. The molecule has 0 spiro atoms. The number of hydrogen-bond acceptors (Lipinski definition) is 5. The number of rotatable bonds is 6. The van der Waals surface area contributed by atoms with Gasteiger partial charge >= 0.3 is 0 Å². The molecule has 3 aromatic rings. The first kappa shape index (κ1) is 21.9. The van der Waals surface area contributed by atoms with Gasteiger partial charge in [-0.25, -0.2) is 8.42 Å². The smallest absolute Gasteiger partial charge is 0.290 e. The van der Waals surface area contributed by atoms with Crippen molar-refractivity contribution in [2.45, 2.75) is 17.5 Å². The number of methoxy groups -OCH3 is 1. The summed E-state index contributed by atoms with van der Waals surface area (Å²) in [4.78, 5) is 14.1. The summed E-state index contributed by atoms with van der Waals surface area (Å²) in [6.45, 7) is 0.0706. The molecule has 0 aliphatic carbocycles. The van der Waals surface area contributed by atoms with E-state index in [0.29, 0.717) is 16.3 Å². The normalized spacial score (nSPS) is 16.5. The SMILES string of the molecule is COc1cccc(CN2C(=O)C(O)=C(S(=O)(=O)c3ccccc3)[C@H]2c2ccc(Cl)cc2)c1. The molecule has 6 nitrogen and oxygen atoms in total. The third-order valence-corrected chi connectivity index (χ3v) is 7.41. The number of carbonyl (C=O) groups excluding carboxylic acids is 1. The van der Waals surface area contributed by atoms with Crippen LogP contribution in [0.4, 0.5) is 0 Å². The van der Waals surface area contributed by atoms with E-state index < -0.39 is 27.5 Å². The Balaban J connectivity index is 1.84. The molecule has 0 saturated carbocycles. The van der Waals surface area contributed by atoms with E-state index in [4.69, 9.17) is 16.3 Å². The molecular formula is C24H20ClNO5S. The van der Waals surface area contributed by atoms with Crippen molar-refractivity contribution >= 4 is 27.3 Å². The van der Waals surface area contributed by atoms with Crippen LogP contribution in [0.5, 0.6) is 5.75 Å². The minimum Gasteiger partial charge on any atom is -0.502 e. The lowest BCUT2D eigenvalue weighted by Gasteiger charge is -2.27. The van der Waals surface area contributed by atoms with Crippen molar-refractivity contribution in [2.75, 3.05) is 7.11 Å². The summed E-state index contributed by atoms with van der Waals surface area (Å²) < 4.78 is 32.2. The first-order valence-electron chi connectivity index (χ1n) is 9.75. The molecule has 0 fully saturated rings. The second-order valence-electron chi connectivity index (χ2n) is 7.27. The number of hydrogen-bond donors (Lipinski definition) is 1. The van der Waals surface area contributed by atoms with Gasteiger partial charge in [0.05, 0.1) is 18.0 Å². The molecule has 3 aromatic carbocycles. The van der Waals surface area contributed by atoms with Crippen LogP contribution in [0.3, 0.4) is 0 Å². The molecule has 164 valence electrons. The van der Waals surface area contributed by atoms with Gasteiger partial charge in [0, 0.05) is 11.6 Å². The summed E-state index contributed by atoms with van der Waals surface area (Å²) in [5, 5.41) is 11.2. The highest BCUT2D eigenvalue weighted by Gasteiger charge is 2.46. The Hall–Kier alpha value is -3.29. The van der Waals surface area contributed by atoms with E-state index in [1.165, 1.54) is 24.1 Å². The van der Waals surface area contributed by atoms with Crippen LogP contribution >= 0.6 is 11.6 Å². The number of nitrogens with zero attached hydrogens (tertiary/aromatic N) is 1. The molecule has 0 aromatic heterocycles. The van der Waals surface area contributed by atoms with Crippen LogP contribution in [-0.2, 0) is 21.2 Å². The van der Waals surface area contributed by atoms with Crippen LogP contribution in [-0.4, -0.2) is 31.4 Å². The highest BCUT2D eigenvalue weighted by Crippen LogP contribution is 2.43. The van der Waals surface area contributed by atoms with E-state index in [1.54, 1.807) is 66.7 Å². The molecule has 1 heterocycles. The number of aliphatic hydroxyl groups is 1. The molecule has 0 radical (unpaired) electrons. The number of aliphatic hydroxyl groups excluding tert-OH is 1. The van der Waals surface area contributed by atoms with Gasteiger partial charge < -0.3 is 14.7 Å². The lowest BCUT2D eigenvalue weighted by Crippen LogP contribution is -2.30. The molecule has 1 aliphatic rings. The number of amides is 1. The quantitative estimate of drug-likeness (QED) is 0.567. The van der Waals surface area contributed by atoms with Crippen LogP contribution in [0.1, 0.15) is 17.2 Å². The average Bonchev–Trinajstić information content (AvgIpc) is 3.06. The molecule has 0 bridgehead atoms. The monoisotopic (exact) mass is 469 g/mol. The molecule has 1 amide bonds. The van der Waals surface area contributed by atoms with Gasteiger partial charge in [-0.3, -0.25) is 4.79 Å². The maximum atomic E-state index is 13.5. The first-order chi connectivity index (χ1) is 15.3. The topological polar surface area (TPSA) is 83.9 Å². The predicted molar refractivity (Wildman–Crippen MR) is 121 cm³/mol. The summed E-state index contributed by atoms with van der Waals surface area (Å²) in [6, 6.07) is 20.4. The Morgan fingerprint density at radius 1 is 1.00 bits per heavy atom. The van der Waals surface area contributed by atoms with E-state index in [2.05, 4.69) is 0 Å². The van der Waals surface area contributed by atoms with Crippen LogP contribution < -0.4 is 4.74 Å². The highest BCUT2D eigenvalue weighted by atomic mass is 35.5. The van der Waals surface area contributed by atoms with E-state index in [1.807, 2.05) is 0 Å².